The van der Waals surface area contributed by atoms with Gasteiger partial charge in [0.15, 0.2) is 0 Å². The molecule has 1 aromatic carbocycles. The summed E-state index contributed by atoms with van der Waals surface area (Å²) in [5.74, 6) is -0.678. The smallest absolute Gasteiger partial charge is 0.339 e. The van der Waals surface area contributed by atoms with Crippen LogP contribution in [0.15, 0.2) is 29.2 Å². The number of hydrogen-bond donors (Lipinski definition) is 1. The summed E-state index contributed by atoms with van der Waals surface area (Å²) in [6.45, 7) is 4.06. The van der Waals surface area contributed by atoms with Crippen LogP contribution < -0.4 is 4.72 Å². The van der Waals surface area contributed by atoms with Gasteiger partial charge in [0, 0.05) is 12.1 Å². The lowest BCUT2D eigenvalue weighted by molar-refractivity contribution is 0.0596. The summed E-state index contributed by atoms with van der Waals surface area (Å²) in [5, 5.41) is 0. The third kappa shape index (κ3) is 4.26. The van der Waals surface area contributed by atoms with Crippen LogP contribution in [0.2, 0.25) is 0 Å². The Kier molecular flexibility index (Phi) is 5.49. The van der Waals surface area contributed by atoms with Crippen LogP contribution in [-0.2, 0) is 14.8 Å². The fourth-order valence-electron chi connectivity index (χ4n) is 1.49. The predicted octanol–water partition coefficient (Wildman–Crippen LogP) is 1.09. The van der Waals surface area contributed by atoms with E-state index < -0.39 is 16.0 Å². The summed E-state index contributed by atoms with van der Waals surface area (Å²) in [7, 11) is 1.17. The molecule has 0 fully saturated rings. The molecule has 0 atom stereocenters. The van der Waals surface area contributed by atoms with Gasteiger partial charge in [-0.2, -0.15) is 0 Å². The largest absolute Gasteiger partial charge is 0.465 e. The second kappa shape index (κ2) is 6.55. The lowest BCUT2D eigenvalue weighted by Crippen LogP contribution is -2.48. The van der Waals surface area contributed by atoms with Crippen LogP contribution in [0.1, 0.15) is 24.2 Å². The van der Waals surface area contributed by atoms with Crippen LogP contribution in [0.4, 0.5) is 0 Å². The summed E-state index contributed by atoms with van der Waals surface area (Å²) in [6.07, 6.45) is 0. The molecule has 0 aliphatic rings. The number of rotatable bonds is 6. The Morgan fingerprint density at radius 1 is 1.29 bits per heavy atom. The zero-order valence-electron chi connectivity index (χ0n) is 13.0. The van der Waals surface area contributed by atoms with E-state index in [1.54, 1.807) is 12.1 Å². The van der Waals surface area contributed by atoms with E-state index in [2.05, 4.69) is 9.46 Å². The van der Waals surface area contributed by atoms with E-state index in [4.69, 9.17) is 0 Å². The van der Waals surface area contributed by atoms with Gasteiger partial charge in [0.2, 0.25) is 10.0 Å². The second-order valence-electron chi connectivity index (χ2n) is 5.52. The van der Waals surface area contributed by atoms with E-state index in [1.807, 2.05) is 32.8 Å². The minimum atomic E-state index is -3.79. The molecule has 1 aromatic rings. The lowest BCUT2D eigenvalue weighted by Gasteiger charge is -2.32. The second-order valence-corrected chi connectivity index (χ2v) is 7.25. The van der Waals surface area contributed by atoms with Gasteiger partial charge in [-0.15, -0.1) is 0 Å². The summed E-state index contributed by atoms with van der Waals surface area (Å²) in [5.41, 5.74) is -0.331. The molecule has 0 radical (unpaired) electrons. The molecule has 0 aliphatic carbocycles. The third-order valence-electron chi connectivity index (χ3n) is 3.49. The van der Waals surface area contributed by atoms with E-state index in [0.717, 1.165) is 0 Å². The molecule has 0 amide bonds. The van der Waals surface area contributed by atoms with Crippen molar-refractivity contribution < 1.29 is 17.9 Å². The molecular formula is C14H22N2O4S. The maximum absolute atomic E-state index is 12.4. The number of carbonyl (C=O) groups excluding carboxylic acids is 1. The standard InChI is InChI=1S/C14H22N2O4S/c1-14(2,16(3)4)10-15-21(18,19)12-9-7-6-8-11(12)13(17)20-5/h6-9,15H,10H2,1-5H3. The summed E-state index contributed by atoms with van der Waals surface area (Å²) in [6, 6.07) is 5.97. The molecule has 0 aromatic heterocycles. The van der Waals surface area contributed by atoms with Gasteiger partial charge < -0.3 is 9.64 Å². The SMILES string of the molecule is COC(=O)c1ccccc1S(=O)(=O)NCC(C)(C)N(C)C. The number of sulfonamides is 1. The summed E-state index contributed by atoms with van der Waals surface area (Å²) >= 11 is 0. The molecule has 0 spiro atoms. The van der Waals surface area contributed by atoms with Gasteiger partial charge in [0.1, 0.15) is 0 Å². The lowest BCUT2D eigenvalue weighted by atomic mass is 10.1. The van der Waals surface area contributed by atoms with E-state index in [1.165, 1.54) is 19.2 Å². The number of hydrogen-bond acceptors (Lipinski definition) is 5. The van der Waals surface area contributed by atoms with Crippen molar-refractivity contribution in [2.75, 3.05) is 27.7 Å². The summed E-state index contributed by atoms with van der Waals surface area (Å²) in [4.78, 5) is 13.5. The molecule has 1 N–H and O–H groups in total. The van der Waals surface area contributed by atoms with Crippen molar-refractivity contribution in [2.24, 2.45) is 0 Å². The molecule has 1 rings (SSSR count). The Morgan fingerprint density at radius 2 is 1.86 bits per heavy atom. The van der Waals surface area contributed by atoms with Crippen molar-refractivity contribution >= 4 is 16.0 Å². The van der Waals surface area contributed by atoms with Crippen LogP contribution >= 0.6 is 0 Å². The Morgan fingerprint density at radius 3 is 2.38 bits per heavy atom. The van der Waals surface area contributed by atoms with Gasteiger partial charge >= 0.3 is 5.97 Å². The van der Waals surface area contributed by atoms with E-state index in [0.29, 0.717) is 0 Å². The average Bonchev–Trinajstić information content (AvgIpc) is 2.44. The zero-order chi connectivity index (χ0) is 16.3. The van der Waals surface area contributed by atoms with Crippen LogP contribution in [0.5, 0.6) is 0 Å². The molecular weight excluding hydrogens is 292 g/mol. The number of esters is 1. The van der Waals surface area contributed by atoms with Crippen LogP contribution in [-0.4, -0.2) is 52.6 Å². The Bertz CT molecular complexity index is 609. The molecule has 7 heteroatoms. The highest BCUT2D eigenvalue weighted by molar-refractivity contribution is 7.89. The van der Waals surface area contributed by atoms with Crippen molar-refractivity contribution in [1.82, 2.24) is 9.62 Å². The minimum absolute atomic E-state index is 0.0233. The molecule has 6 nitrogen and oxygen atoms in total. The fourth-order valence-corrected chi connectivity index (χ4v) is 2.88. The van der Waals surface area contributed by atoms with Crippen LogP contribution in [0.25, 0.3) is 0 Å². The number of nitrogens with one attached hydrogen (secondary N) is 1. The van der Waals surface area contributed by atoms with Crippen molar-refractivity contribution in [1.29, 1.82) is 0 Å². The molecule has 21 heavy (non-hydrogen) atoms. The van der Waals surface area contributed by atoms with Gasteiger partial charge in [-0.1, -0.05) is 12.1 Å². The molecule has 118 valence electrons. The first-order chi connectivity index (χ1) is 9.62. The number of carbonyl (C=O) groups is 1. The van der Waals surface area contributed by atoms with Crippen LogP contribution in [0, 0.1) is 0 Å². The number of ether oxygens (including phenoxy) is 1. The Labute approximate surface area is 126 Å². The summed E-state index contributed by atoms with van der Waals surface area (Å²) < 4.78 is 32.0. The monoisotopic (exact) mass is 314 g/mol. The maximum Gasteiger partial charge on any atom is 0.339 e. The number of methoxy groups -OCH3 is 1. The Balaban J connectivity index is 3.07. The normalized spacial score (nSPS) is 12.5. The van der Waals surface area contributed by atoms with E-state index in [-0.39, 0.29) is 22.5 Å². The van der Waals surface area contributed by atoms with E-state index in [9.17, 15) is 13.2 Å². The average molecular weight is 314 g/mol. The maximum atomic E-state index is 12.4. The Hall–Kier alpha value is -1.44. The van der Waals surface area contributed by atoms with Crippen molar-refractivity contribution in [3.8, 4) is 0 Å². The topological polar surface area (TPSA) is 75.7 Å². The van der Waals surface area contributed by atoms with Gasteiger partial charge in [-0.05, 0) is 40.1 Å². The van der Waals surface area contributed by atoms with Crippen LogP contribution in [0.3, 0.4) is 0 Å². The number of nitrogens with zero attached hydrogens (tertiary/aromatic N) is 1. The van der Waals surface area contributed by atoms with Gasteiger partial charge in [-0.3, -0.25) is 0 Å². The van der Waals surface area contributed by atoms with Gasteiger partial charge in [-0.25, -0.2) is 17.9 Å². The van der Waals surface area contributed by atoms with Crippen molar-refractivity contribution in [3.05, 3.63) is 29.8 Å². The number of likely N-dealkylation sites (N-methyl/N-ethyl adjacent to an activating group) is 1. The molecule has 0 saturated heterocycles. The molecule has 0 unspecified atom stereocenters. The highest BCUT2D eigenvalue weighted by Gasteiger charge is 2.27. The number of benzene rings is 1. The highest BCUT2D eigenvalue weighted by Crippen LogP contribution is 2.17. The first-order valence-electron chi connectivity index (χ1n) is 6.46. The van der Waals surface area contributed by atoms with Crippen molar-refractivity contribution in [2.45, 2.75) is 24.3 Å². The predicted molar refractivity (Wildman–Crippen MR) is 80.7 cm³/mol. The van der Waals surface area contributed by atoms with Gasteiger partial charge in [0.25, 0.3) is 0 Å². The molecule has 0 bridgehead atoms. The molecule has 0 heterocycles. The van der Waals surface area contributed by atoms with Crippen molar-refractivity contribution in [3.63, 3.8) is 0 Å². The zero-order valence-corrected chi connectivity index (χ0v) is 13.8. The fraction of sp³-hybridized carbons (Fsp3) is 0.500. The first-order valence-corrected chi connectivity index (χ1v) is 7.94. The first kappa shape index (κ1) is 17.6. The minimum Gasteiger partial charge on any atom is -0.465 e. The molecule has 0 saturated carbocycles. The third-order valence-corrected chi connectivity index (χ3v) is 4.95. The highest BCUT2D eigenvalue weighted by atomic mass is 32.2. The van der Waals surface area contributed by atoms with E-state index >= 15 is 0 Å². The quantitative estimate of drug-likeness (QED) is 0.796. The molecule has 0 aliphatic heterocycles. The van der Waals surface area contributed by atoms with Gasteiger partial charge in [0.05, 0.1) is 17.6 Å².